The maximum Gasteiger partial charge on any atom is 0.296 e. The summed E-state index contributed by atoms with van der Waals surface area (Å²) in [5.74, 6) is 2.28. The summed E-state index contributed by atoms with van der Waals surface area (Å²) in [5.41, 5.74) is 1.12. The van der Waals surface area contributed by atoms with Crippen LogP contribution in [0.15, 0.2) is 30.3 Å². The van der Waals surface area contributed by atoms with Crippen molar-refractivity contribution in [3.63, 3.8) is 0 Å². The SMILES string of the molecule is CN(C)CC(=O)N(C)C1CCC(CCCc2nc(N3CCOCC3)cc(-n3c(C(F)F)nc4ccccc43)n2)CC1. The number of carbonyl (C=O) groups is 1. The van der Waals surface area contributed by atoms with E-state index in [4.69, 9.17) is 14.7 Å². The second-order valence-electron chi connectivity index (χ2n) is 11.5. The number of amides is 1. The highest BCUT2D eigenvalue weighted by Gasteiger charge is 2.27. The molecule has 0 spiro atoms. The molecule has 0 atom stereocenters. The van der Waals surface area contributed by atoms with Crippen molar-refractivity contribution in [2.24, 2.45) is 5.92 Å². The molecule has 0 bridgehead atoms. The number of morpholine rings is 1. The summed E-state index contributed by atoms with van der Waals surface area (Å²) in [7, 11) is 5.76. The first-order valence-electron chi connectivity index (χ1n) is 14.7. The third-order valence-electron chi connectivity index (χ3n) is 8.31. The van der Waals surface area contributed by atoms with Gasteiger partial charge < -0.3 is 19.4 Å². The van der Waals surface area contributed by atoms with Gasteiger partial charge in [-0.05, 0) is 64.3 Å². The van der Waals surface area contributed by atoms with Crippen LogP contribution in [-0.4, -0.2) is 95.3 Å². The van der Waals surface area contributed by atoms with Crippen molar-refractivity contribution in [1.82, 2.24) is 29.3 Å². The summed E-state index contributed by atoms with van der Waals surface area (Å²) < 4.78 is 35.2. The van der Waals surface area contributed by atoms with Crippen molar-refractivity contribution in [3.05, 3.63) is 42.0 Å². The number of imidazole rings is 1. The van der Waals surface area contributed by atoms with Gasteiger partial charge in [-0.3, -0.25) is 9.36 Å². The maximum absolute atomic E-state index is 14.1. The third-order valence-corrected chi connectivity index (χ3v) is 8.31. The smallest absolute Gasteiger partial charge is 0.296 e. The van der Waals surface area contributed by atoms with Gasteiger partial charge in [0.15, 0.2) is 5.82 Å². The van der Waals surface area contributed by atoms with Gasteiger partial charge >= 0.3 is 0 Å². The molecule has 3 aromatic rings. The van der Waals surface area contributed by atoms with E-state index < -0.39 is 6.43 Å². The van der Waals surface area contributed by atoms with Gasteiger partial charge in [0.1, 0.15) is 17.5 Å². The molecule has 0 N–H and O–H groups in total. The Morgan fingerprint density at radius 1 is 1.02 bits per heavy atom. The molecule has 222 valence electrons. The molecular formula is C30H41F2N7O2. The third kappa shape index (κ3) is 7.01. The fraction of sp³-hybridized carbons (Fsp3) is 0.600. The first kappa shape index (κ1) is 29.3. The topological polar surface area (TPSA) is 79.6 Å². The second-order valence-corrected chi connectivity index (χ2v) is 11.5. The summed E-state index contributed by atoms with van der Waals surface area (Å²) in [6.45, 7) is 3.02. The summed E-state index contributed by atoms with van der Waals surface area (Å²) >= 11 is 0. The van der Waals surface area contributed by atoms with Gasteiger partial charge in [-0.1, -0.05) is 18.6 Å². The van der Waals surface area contributed by atoms with Crippen molar-refractivity contribution < 1.29 is 18.3 Å². The van der Waals surface area contributed by atoms with E-state index in [0.29, 0.717) is 73.9 Å². The molecule has 2 aromatic heterocycles. The number of fused-ring (bicyclic) bond motifs is 1. The molecule has 0 radical (unpaired) electrons. The number of hydrogen-bond donors (Lipinski definition) is 0. The highest BCUT2D eigenvalue weighted by Crippen LogP contribution is 2.32. The zero-order valence-corrected chi connectivity index (χ0v) is 24.3. The number of aromatic nitrogens is 4. The minimum atomic E-state index is -2.74. The average molecular weight is 570 g/mol. The Labute approximate surface area is 240 Å². The number of hydrogen-bond acceptors (Lipinski definition) is 7. The number of rotatable bonds is 10. The molecule has 5 rings (SSSR count). The van der Waals surface area contributed by atoms with Gasteiger partial charge in [-0.2, -0.15) is 0 Å². The number of aryl methyl sites for hydroxylation is 1. The lowest BCUT2D eigenvalue weighted by molar-refractivity contribution is -0.133. The molecule has 1 saturated heterocycles. The van der Waals surface area contributed by atoms with E-state index in [9.17, 15) is 13.6 Å². The lowest BCUT2D eigenvalue weighted by Gasteiger charge is -2.35. The van der Waals surface area contributed by atoms with Crippen LogP contribution in [0.3, 0.4) is 0 Å². The molecule has 9 nitrogen and oxygen atoms in total. The normalized spacial score (nSPS) is 19.8. The zero-order chi connectivity index (χ0) is 28.9. The highest BCUT2D eigenvalue weighted by atomic mass is 19.3. The summed E-state index contributed by atoms with van der Waals surface area (Å²) in [5, 5.41) is 0. The molecule has 41 heavy (non-hydrogen) atoms. The van der Waals surface area contributed by atoms with E-state index in [1.54, 1.807) is 24.3 Å². The Balaban J connectivity index is 1.29. The number of likely N-dealkylation sites (N-methyl/N-ethyl adjacent to an activating group) is 2. The number of ether oxygens (including phenoxy) is 1. The van der Waals surface area contributed by atoms with E-state index >= 15 is 0 Å². The van der Waals surface area contributed by atoms with E-state index in [1.807, 2.05) is 37.0 Å². The van der Waals surface area contributed by atoms with Crippen molar-refractivity contribution in [1.29, 1.82) is 0 Å². The molecule has 1 saturated carbocycles. The fourth-order valence-electron chi connectivity index (χ4n) is 6.04. The summed E-state index contributed by atoms with van der Waals surface area (Å²) in [4.78, 5) is 32.3. The van der Waals surface area contributed by atoms with Gasteiger partial charge in [0.2, 0.25) is 5.91 Å². The number of nitrogens with zero attached hydrogens (tertiary/aromatic N) is 7. The molecule has 1 aliphatic carbocycles. The second kappa shape index (κ2) is 13.2. The Bertz CT molecular complexity index is 1320. The van der Waals surface area contributed by atoms with Crippen LogP contribution < -0.4 is 4.90 Å². The van der Waals surface area contributed by atoms with Gasteiger partial charge in [0, 0.05) is 38.7 Å². The van der Waals surface area contributed by atoms with Gasteiger partial charge in [-0.25, -0.2) is 23.7 Å². The first-order chi connectivity index (χ1) is 19.8. The minimum absolute atomic E-state index is 0.173. The molecule has 2 aliphatic rings. The molecular weight excluding hydrogens is 528 g/mol. The zero-order valence-electron chi connectivity index (χ0n) is 24.3. The number of benzene rings is 1. The number of anilines is 1. The van der Waals surface area contributed by atoms with Gasteiger partial charge in [0.25, 0.3) is 6.43 Å². The Morgan fingerprint density at radius 3 is 2.44 bits per heavy atom. The first-order valence-corrected chi connectivity index (χ1v) is 14.7. The van der Waals surface area contributed by atoms with Crippen LogP contribution in [0.2, 0.25) is 0 Å². The molecule has 3 heterocycles. The van der Waals surface area contributed by atoms with Crippen molar-refractivity contribution in [3.8, 4) is 5.82 Å². The average Bonchev–Trinajstić information content (AvgIpc) is 3.37. The van der Waals surface area contributed by atoms with Crippen LogP contribution in [0, 0.1) is 5.92 Å². The molecule has 2 fully saturated rings. The van der Waals surface area contributed by atoms with E-state index in [0.717, 1.165) is 44.3 Å². The predicted octanol–water partition coefficient (Wildman–Crippen LogP) is 4.49. The van der Waals surface area contributed by atoms with E-state index in [-0.39, 0.29) is 11.7 Å². The molecule has 1 aliphatic heterocycles. The maximum atomic E-state index is 14.1. The molecule has 1 aromatic carbocycles. The van der Waals surface area contributed by atoms with Crippen LogP contribution in [0.1, 0.15) is 56.6 Å². The van der Waals surface area contributed by atoms with E-state index in [1.165, 1.54) is 4.57 Å². The Morgan fingerprint density at radius 2 is 1.73 bits per heavy atom. The van der Waals surface area contributed by atoms with E-state index in [2.05, 4.69) is 9.88 Å². The van der Waals surface area contributed by atoms with Crippen LogP contribution in [0.5, 0.6) is 0 Å². The van der Waals surface area contributed by atoms with Crippen LogP contribution >= 0.6 is 0 Å². The monoisotopic (exact) mass is 569 g/mol. The van der Waals surface area contributed by atoms with Crippen LogP contribution in [-0.2, 0) is 16.0 Å². The molecule has 11 heteroatoms. The van der Waals surface area contributed by atoms with Crippen molar-refractivity contribution in [2.45, 2.75) is 57.4 Å². The predicted molar refractivity (Wildman–Crippen MR) is 155 cm³/mol. The highest BCUT2D eigenvalue weighted by molar-refractivity contribution is 5.78. The Hall–Kier alpha value is -3.18. The summed E-state index contributed by atoms with van der Waals surface area (Å²) in [6.07, 6.45) is 4.16. The van der Waals surface area contributed by atoms with Crippen LogP contribution in [0.4, 0.5) is 14.6 Å². The number of alkyl halides is 2. The van der Waals surface area contributed by atoms with Gasteiger partial charge in [0.05, 0.1) is 30.8 Å². The van der Waals surface area contributed by atoms with Gasteiger partial charge in [-0.15, -0.1) is 0 Å². The number of para-hydroxylation sites is 2. The lowest BCUT2D eigenvalue weighted by atomic mass is 9.82. The fourth-order valence-corrected chi connectivity index (χ4v) is 6.04. The van der Waals surface area contributed by atoms with Crippen molar-refractivity contribution >= 4 is 22.8 Å². The number of halogens is 2. The molecule has 0 unspecified atom stereocenters. The summed E-state index contributed by atoms with van der Waals surface area (Å²) in [6, 6.07) is 9.27. The largest absolute Gasteiger partial charge is 0.378 e. The minimum Gasteiger partial charge on any atom is -0.378 e. The quantitative estimate of drug-likeness (QED) is 0.356. The Kier molecular flexibility index (Phi) is 9.44. The lowest BCUT2D eigenvalue weighted by Crippen LogP contribution is -2.43. The van der Waals surface area contributed by atoms with Crippen LogP contribution in [0.25, 0.3) is 16.9 Å². The number of carbonyl (C=O) groups excluding carboxylic acids is 1. The molecule has 1 amide bonds. The standard InChI is InChI=1S/C30H41F2N7O2/c1-36(2)20-28(40)37(3)22-13-11-21(12-14-22)7-6-10-25-34-26(38-15-17-41-18-16-38)19-27(35-25)39-24-9-5-4-8-23(24)33-30(39)29(31)32/h4-5,8-9,19,21-22,29H,6-7,10-18,20H2,1-3H3. The van der Waals surface area contributed by atoms with Crippen molar-refractivity contribution in [2.75, 3.05) is 58.9 Å².